The van der Waals surface area contributed by atoms with Crippen LogP contribution in [0.2, 0.25) is 5.02 Å². The van der Waals surface area contributed by atoms with Gasteiger partial charge in [-0.15, -0.1) is 0 Å². The van der Waals surface area contributed by atoms with Crippen molar-refractivity contribution in [3.63, 3.8) is 0 Å². The van der Waals surface area contributed by atoms with Crippen LogP contribution in [0.1, 0.15) is 0 Å². The molecule has 3 rings (SSSR count). The Balaban J connectivity index is 1.75. The number of thioether (sulfide) groups is 1. The summed E-state index contributed by atoms with van der Waals surface area (Å²) in [5, 5.41) is -0.148. The highest BCUT2D eigenvalue weighted by Gasteiger charge is 2.46. The Morgan fingerprint density at radius 1 is 1.19 bits per heavy atom. The minimum atomic E-state index is -3.69. The number of halogens is 1. The zero-order valence-electron chi connectivity index (χ0n) is 10.7. The summed E-state index contributed by atoms with van der Waals surface area (Å²) in [7, 11) is -3.69. The van der Waals surface area contributed by atoms with E-state index in [0.717, 1.165) is 16.7 Å². The van der Waals surface area contributed by atoms with Crippen LogP contribution in [0.5, 0.6) is 0 Å². The Morgan fingerprint density at radius 3 is 2.43 bits per heavy atom. The van der Waals surface area contributed by atoms with Gasteiger partial charge in [-0.1, -0.05) is 35.5 Å². The van der Waals surface area contributed by atoms with E-state index in [1.807, 2.05) is 0 Å². The van der Waals surface area contributed by atoms with Crippen LogP contribution in [0, 0.1) is 0 Å². The molecule has 2 fully saturated rings. The Labute approximate surface area is 131 Å². The number of hydrogen-bond donors (Lipinski definition) is 0. The molecule has 0 N–H and O–H groups in total. The first-order chi connectivity index (χ1) is 9.91. The maximum atomic E-state index is 12.4. The quantitative estimate of drug-likeness (QED) is 0.827. The number of nitrogens with zero attached hydrogens (tertiary/aromatic N) is 2. The lowest BCUT2D eigenvalue weighted by atomic mass is 10.1. The molecule has 0 spiro atoms. The van der Waals surface area contributed by atoms with E-state index in [1.54, 1.807) is 12.1 Å². The molecule has 0 saturated carbocycles. The molecule has 0 atom stereocenters. The third-order valence-electron chi connectivity index (χ3n) is 3.43. The average Bonchev–Trinajstić information content (AvgIpc) is 2.69. The third kappa shape index (κ3) is 2.46. The van der Waals surface area contributed by atoms with Crippen molar-refractivity contribution in [2.24, 2.45) is 0 Å². The van der Waals surface area contributed by atoms with E-state index in [0.29, 0.717) is 0 Å². The Bertz CT molecular complexity index is 700. The first kappa shape index (κ1) is 14.8. The average molecular weight is 347 g/mol. The fourth-order valence-electron chi connectivity index (χ4n) is 2.29. The van der Waals surface area contributed by atoms with Gasteiger partial charge < -0.3 is 0 Å². The second-order valence-corrected chi connectivity index (χ2v) is 7.96. The summed E-state index contributed by atoms with van der Waals surface area (Å²) >= 11 is 6.86. The van der Waals surface area contributed by atoms with Gasteiger partial charge in [0.25, 0.3) is 5.24 Å². The summed E-state index contributed by atoms with van der Waals surface area (Å²) in [5.74, 6) is -0.128. The summed E-state index contributed by atoms with van der Waals surface area (Å²) in [6, 6.07) is 5.82. The first-order valence-electron chi connectivity index (χ1n) is 6.15. The minimum Gasteiger partial charge on any atom is -0.273 e. The predicted octanol–water partition coefficient (Wildman–Crippen LogP) is 1.41. The van der Waals surface area contributed by atoms with Crippen LogP contribution in [0.15, 0.2) is 29.2 Å². The van der Waals surface area contributed by atoms with Gasteiger partial charge >= 0.3 is 0 Å². The van der Waals surface area contributed by atoms with Gasteiger partial charge in [0.05, 0.1) is 16.8 Å². The van der Waals surface area contributed by atoms with Gasteiger partial charge in [-0.05, 0) is 12.1 Å². The van der Waals surface area contributed by atoms with E-state index < -0.39 is 10.0 Å². The van der Waals surface area contributed by atoms with Crippen LogP contribution >= 0.6 is 23.4 Å². The normalized spacial score (nSPS) is 20.9. The van der Waals surface area contributed by atoms with Gasteiger partial charge in [0.15, 0.2) is 0 Å². The highest BCUT2D eigenvalue weighted by Crippen LogP contribution is 2.31. The summed E-state index contributed by atoms with van der Waals surface area (Å²) in [6.07, 6.45) is 0. The van der Waals surface area contributed by atoms with Crippen LogP contribution in [0.3, 0.4) is 0 Å². The SMILES string of the molecule is O=C1CSC(=O)N1C1CN(S(=O)(=O)c2ccccc2Cl)C1. The molecule has 0 aliphatic carbocycles. The number of carbonyl (C=O) groups excluding carboxylic acids is 2. The molecule has 112 valence electrons. The fraction of sp³-hybridized carbons (Fsp3) is 0.333. The monoisotopic (exact) mass is 346 g/mol. The molecule has 1 aromatic carbocycles. The maximum Gasteiger partial charge on any atom is 0.289 e. The Hall–Kier alpha value is -1.09. The van der Waals surface area contributed by atoms with E-state index >= 15 is 0 Å². The summed E-state index contributed by atoms with van der Waals surface area (Å²) < 4.78 is 26.0. The van der Waals surface area contributed by atoms with Crippen molar-refractivity contribution in [2.45, 2.75) is 10.9 Å². The molecule has 2 saturated heterocycles. The Morgan fingerprint density at radius 2 is 1.86 bits per heavy atom. The molecule has 2 amide bonds. The van der Waals surface area contributed by atoms with Gasteiger partial charge in [-0.2, -0.15) is 4.31 Å². The smallest absolute Gasteiger partial charge is 0.273 e. The van der Waals surface area contributed by atoms with E-state index in [9.17, 15) is 18.0 Å². The number of hydrogen-bond acceptors (Lipinski definition) is 5. The lowest BCUT2D eigenvalue weighted by Crippen LogP contribution is -2.61. The summed E-state index contributed by atoms with van der Waals surface area (Å²) in [6.45, 7) is 0.233. The second-order valence-electron chi connectivity index (χ2n) is 4.72. The topological polar surface area (TPSA) is 74.8 Å². The first-order valence-corrected chi connectivity index (χ1v) is 8.95. The number of rotatable bonds is 3. The van der Waals surface area contributed by atoms with Crippen LogP contribution in [-0.2, 0) is 14.8 Å². The van der Waals surface area contributed by atoms with E-state index in [1.165, 1.54) is 16.4 Å². The standard InChI is InChI=1S/C12H11ClN2O4S2/c13-9-3-1-2-4-10(9)21(18,19)14-5-8(6-14)15-11(16)7-20-12(15)17/h1-4,8H,5-7H2. The van der Waals surface area contributed by atoms with Crippen molar-refractivity contribution in [1.82, 2.24) is 9.21 Å². The van der Waals surface area contributed by atoms with Crippen molar-refractivity contribution < 1.29 is 18.0 Å². The number of amides is 2. The molecule has 2 aliphatic heterocycles. The molecule has 2 aliphatic rings. The summed E-state index contributed by atoms with van der Waals surface area (Å²) in [4.78, 5) is 24.4. The van der Waals surface area contributed by atoms with E-state index in [2.05, 4.69) is 0 Å². The molecule has 2 heterocycles. The molecule has 0 aromatic heterocycles. The van der Waals surface area contributed by atoms with Crippen molar-refractivity contribution >= 4 is 44.5 Å². The van der Waals surface area contributed by atoms with Crippen molar-refractivity contribution in [3.8, 4) is 0 Å². The molecule has 0 unspecified atom stereocenters. The number of imide groups is 1. The molecule has 1 aromatic rings. The largest absolute Gasteiger partial charge is 0.289 e. The molecule has 9 heteroatoms. The van der Waals surface area contributed by atoms with Crippen molar-refractivity contribution in [2.75, 3.05) is 18.8 Å². The van der Waals surface area contributed by atoms with Gasteiger partial charge in [0.1, 0.15) is 4.90 Å². The maximum absolute atomic E-state index is 12.4. The van der Waals surface area contributed by atoms with E-state index in [-0.39, 0.29) is 45.9 Å². The second kappa shape index (κ2) is 5.28. The van der Waals surface area contributed by atoms with Crippen LogP contribution < -0.4 is 0 Å². The highest BCUT2D eigenvalue weighted by molar-refractivity contribution is 8.14. The van der Waals surface area contributed by atoms with Crippen LogP contribution in [-0.4, -0.2) is 53.7 Å². The number of benzene rings is 1. The van der Waals surface area contributed by atoms with Crippen molar-refractivity contribution in [1.29, 1.82) is 0 Å². The molecular formula is C12H11ClN2O4S2. The Kier molecular flexibility index (Phi) is 3.73. The molecule has 21 heavy (non-hydrogen) atoms. The predicted molar refractivity (Wildman–Crippen MR) is 78.7 cm³/mol. The van der Waals surface area contributed by atoms with Gasteiger partial charge in [0.2, 0.25) is 15.9 Å². The number of sulfonamides is 1. The fourth-order valence-corrected chi connectivity index (χ4v) is 5.07. The molecule has 6 nitrogen and oxygen atoms in total. The lowest BCUT2D eigenvalue weighted by Gasteiger charge is -2.41. The zero-order valence-corrected chi connectivity index (χ0v) is 13.1. The van der Waals surface area contributed by atoms with Gasteiger partial charge in [-0.3, -0.25) is 14.5 Å². The highest BCUT2D eigenvalue weighted by atomic mass is 35.5. The number of carbonyl (C=O) groups is 2. The van der Waals surface area contributed by atoms with Crippen LogP contribution in [0.25, 0.3) is 0 Å². The molecule has 0 radical (unpaired) electrons. The minimum absolute atomic E-state index is 0.0403. The molecular weight excluding hydrogens is 336 g/mol. The lowest BCUT2D eigenvalue weighted by molar-refractivity contribution is -0.127. The third-order valence-corrected chi connectivity index (χ3v) is 6.60. The zero-order chi connectivity index (χ0) is 15.2. The van der Waals surface area contributed by atoms with Crippen LogP contribution in [0.4, 0.5) is 4.79 Å². The van der Waals surface area contributed by atoms with Crippen molar-refractivity contribution in [3.05, 3.63) is 29.3 Å². The molecule has 0 bridgehead atoms. The van der Waals surface area contributed by atoms with E-state index in [4.69, 9.17) is 11.6 Å². The van der Waals surface area contributed by atoms with Gasteiger partial charge in [0, 0.05) is 13.1 Å². The van der Waals surface area contributed by atoms with Gasteiger partial charge in [-0.25, -0.2) is 8.42 Å². The summed E-state index contributed by atoms with van der Waals surface area (Å²) in [5.41, 5.74) is 0.